The molecule has 0 aromatic heterocycles. The van der Waals surface area contributed by atoms with Crippen LogP contribution in [0.4, 0.5) is 0 Å². The number of hydrogen-bond donors (Lipinski definition) is 4. The van der Waals surface area contributed by atoms with Gasteiger partial charge in [-0.1, -0.05) is 13.8 Å². The fraction of sp³-hybridized carbons (Fsp3) is 1.00. The van der Waals surface area contributed by atoms with Crippen molar-refractivity contribution in [1.29, 1.82) is 0 Å². The first kappa shape index (κ1) is 16.8. The molecule has 0 aliphatic carbocycles. The minimum absolute atomic E-state index is 0.625. The summed E-state index contributed by atoms with van der Waals surface area (Å²) in [4.78, 5) is 0. The quantitative estimate of drug-likeness (QED) is 0.356. The van der Waals surface area contributed by atoms with Crippen molar-refractivity contribution in [2.75, 3.05) is 13.1 Å². The molecular formula is C4H14N2O3Ti. The summed E-state index contributed by atoms with van der Waals surface area (Å²) in [5.74, 6) is 0. The molecule has 0 aromatic carbocycles. The maximum atomic E-state index is 8.25. The van der Waals surface area contributed by atoms with Gasteiger partial charge >= 0.3 is 23.7 Å². The molecule has 0 unspecified atom stereocenters. The molecule has 0 aliphatic rings. The normalized spacial score (nSPS) is 6.30. The van der Waals surface area contributed by atoms with E-state index < -0.39 is 0 Å². The summed E-state index contributed by atoms with van der Waals surface area (Å²) < 4.78 is 8.25. The second-order valence-corrected chi connectivity index (χ2v) is 1.02. The van der Waals surface area contributed by atoms with Crippen LogP contribution < -0.4 is 11.0 Å². The van der Waals surface area contributed by atoms with E-state index in [1.807, 2.05) is 24.8 Å². The van der Waals surface area contributed by atoms with E-state index >= 15 is 0 Å². The van der Waals surface area contributed by atoms with Crippen molar-refractivity contribution in [3.63, 3.8) is 0 Å². The number of hydrogen-bond acceptors (Lipinski definition) is 5. The number of hydroxylamine groups is 2. The third-order valence-corrected chi connectivity index (χ3v) is 0.316. The molecule has 0 aliphatic heterocycles. The van der Waals surface area contributed by atoms with Crippen molar-refractivity contribution in [3.05, 3.63) is 0 Å². The Morgan fingerprint density at radius 1 is 1.10 bits per heavy atom. The summed E-state index contributed by atoms with van der Waals surface area (Å²) in [6.07, 6.45) is 0. The molecule has 5 nitrogen and oxygen atoms in total. The molecule has 0 amide bonds. The molecule has 0 radical (unpaired) electrons. The average molecular weight is 186 g/mol. The molecule has 0 aromatic rings. The van der Waals surface area contributed by atoms with E-state index in [2.05, 4.69) is 0 Å². The summed E-state index contributed by atoms with van der Waals surface area (Å²) in [6.45, 7) is 4.89. The molecule has 0 fully saturated rings. The van der Waals surface area contributed by atoms with Gasteiger partial charge in [-0.15, -0.1) is 0 Å². The second-order valence-electron chi connectivity index (χ2n) is 1.02. The fourth-order valence-corrected chi connectivity index (χ4v) is 0. The summed E-state index contributed by atoms with van der Waals surface area (Å²) in [7, 11) is 0. The van der Waals surface area contributed by atoms with Crippen molar-refractivity contribution in [2.45, 2.75) is 13.8 Å². The van der Waals surface area contributed by atoms with Gasteiger partial charge in [-0.2, -0.15) is 0 Å². The zero-order valence-electron chi connectivity index (χ0n) is 6.22. The molecule has 6 heteroatoms. The van der Waals surface area contributed by atoms with Crippen LogP contribution in [-0.4, -0.2) is 23.5 Å². The van der Waals surface area contributed by atoms with E-state index in [-0.39, 0.29) is 0 Å². The van der Waals surface area contributed by atoms with Crippen molar-refractivity contribution >= 4 is 0 Å². The predicted octanol–water partition coefficient (Wildman–Crippen LogP) is -0.151. The van der Waals surface area contributed by atoms with Gasteiger partial charge in [0.25, 0.3) is 0 Å². The fourth-order valence-electron chi connectivity index (χ4n) is 0. The van der Waals surface area contributed by atoms with E-state index in [4.69, 9.17) is 13.7 Å². The van der Waals surface area contributed by atoms with Gasteiger partial charge in [0.15, 0.2) is 0 Å². The van der Waals surface area contributed by atoms with Crippen LogP contribution in [0.15, 0.2) is 0 Å². The van der Waals surface area contributed by atoms with Crippen LogP contribution in [0.1, 0.15) is 13.8 Å². The minimum atomic E-state index is 0.625. The van der Waals surface area contributed by atoms with E-state index in [1.165, 1.54) is 0 Å². The predicted molar refractivity (Wildman–Crippen MR) is 31.6 cm³/mol. The molecule has 0 saturated heterocycles. The SMILES string of the molecule is CCNO.CCNO.[O]=[Ti]. The Kier molecular flexibility index (Phi) is 57.7. The van der Waals surface area contributed by atoms with E-state index in [0.29, 0.717) is 13.1 Å². The molecular weight excluding hydrogens is 172 g/mol. The molecule has 4 N–H and O–H groups in total. The molecule has 0 heterocycles. The van der Waals surface area contributed by atoms with Gasteiger partial charge in [-0.25, -0.2) is 11.0 Å². The van der Waals surface area contributed by atoms with Crippen LogP contribution in [0.2, 0.25) is 0 Å². The molecule has 10 heavy (non-hydrogen) atoms. The van der Waals surface area contributed by atoms with Crippen LogP contribution in [0.3, 0.4) is 0 Å². The van der Waals surface area contributed by atoms with Crippen LogP contribution in [0, 0.1) is 0 Å². The van der Waals surface area contributed by atoms with E-state index in [1.54, 1.807) is 0 Å². The molecule has 62 valence electrons. The summed E-state index contributed by atoms with van der Waals surface area (Å²) in [5.41, 5.74) is 3.86. The van der Waals surface area contributed by atoms with Crippen molar-refractivity contribution in [1.82, 2.24) is 11.0 Å². The summed E-state index contributed by atoms with van der Waals surface area (Å²) >= 11 is 0.750. The Morgan fingerprint density at radius 3 is 1.20 bits per heavy atom. The third-order valence-electron chi connectivity index (χ3n) is 0.316. The first-order valence-corrected chi connectivity index (χ1v) is 3.41. The number of nitrogens with one attached hydrogen (secondary N) is 2. The van der Waals surface area contributed by atoms with E-state index in [9.17, 15) is 0 Å². The Morgan fingerprint density at radius 2 is 1.20 bits per heavy atom. The molecule has 0 rings (SSSR count). The first-order valence-electron chi connectivity index (χ1n) is 2.77. The van der Waals surface area contributed by atoms with Crippen LogP contribution in [0.5, 0.6) is 0 Å². The first-order chi connectivity index (χ1) is 4.83. The Hall–Kier alpha value is 0.354. The zero-order valence-corrected chi connectivity index (χ0v) is 7.78. The standard InChI is InChI=1S/2C2H7NO.O.Ti/c2*1-2-3-4;;/h2*3-4H,2H2,1H3;;. The summed E-state index contributed by atoms with van der Waals surface area (Å²) in [5, 5.41) is 15.2. The monoisotopic (exact) mass is 186 g/mol. The molecule has 0 bridgehead atoms. The van der Waals surface area contributed by atoms with Gasteiger partial charge in [0.2, 0.25) is 0 Å². The molecule has 0 saturated carbocycles. The van der Waals surface area contributed by atoms with Gasteiger partial charge in [0, 0.05) is 13.1 Å². The van der Waals surface area contributed by atoms with Gasteiger partial charge in [0.1, 0.15) is 0 Å². The van der Waals surface area contributed by atoms with Gasteiger partial charge < -0.3 is 10.4 Å². The van der Waals surface area contributed by atoms with Gasteiger partial charge in [0.05, 0.1) is 0 Å². The Labute approximate surface area is 72.5 Å². The third kappa shape index (κ3) is 81.5. The van der Waals surface area contributed by atoms with E-state index in [0.717, 1.165) is 20.4 Å². The van der Waals surface area contributed by atoms with Crippen molar-refractivity contribution < 1.29 is 34.1 Å². The topological polar surface area (TPSA) is 81.6 Å². The van der Waals surface area contributed by atoms with Crippen molar-refractivity contribution in [2.24, 2.45) is 0 Å². The Balaban J connectivity index is -0.0000000787. The zero-order chi connectivity index (χ0) is 8.83. The molecule has 0 spiro atoms. The van der Waals surface area contributed by atoms with Gasteiger partial charge in [-0.3, -0.25) is 0 Å². The van der Waals surface area contributed by atoms with Crippen LogP contribution >= 0.6 is 0 Å². The summed E-state index contributed by atoms with van der Waals surface area (Å²) in [6, 6.07) is 0. The second kappa shape index (κ2) is 34.4. The van der Waals surface area contributed by atoms with Crippen LogP contribution in [-0.2, 0) is 23.7 Å². The van der Waals surface area contributed by atoms with Gasteiger partial charge in [-0.05, 0) is 0 Å². The van der Waals surface area contributed by atoms with Crippen molar-refractivity contribution in [3.8, 4) is 0 Å². The Bertz CT molecular complexity index is 33.7. The van der Waals surface area contributed by atoms with Crippen LogP contribution in [0.25, 0.3) is 0 Å². The molecule has 0 atom stereocenters. The average Bonchev–Trinajstić information content (AvgIpc) is 2.08. The number of rotatable bonds is 2. The maximum absolute atomic E-state index is 8.25.